The Kier molecular flexibility index (Phi) is 5.59. The lowest BCUT2D eigenvalue weighted by Crippen LogP contribution is -2.41. The fourth-order valence-corrected chi connectivity index (χ4v) is 4.55. The molecule has 0 radical (unpaired) electrons. The summed E-state index contributed by atoms with van der Waals surface area (Å²) in [5, 5.41) is 2.83. The van der Waals surface area contributed by atoms with Crippen LogP contribution in [0.3, 0.4) is 0 Å². The number of hydrogen-bond acceptors (Lipinski definition) is 5. The lowest BCUT2D eigenvalue weighted by atomic mass is 10.1. The van der Waals surface area contributed by atoms with Crippen molar-refractivity contribution in [2.45, 2.75) is 30.8 Å². The zero-order chi connectivity index (χ0) is 15.5. The third-order valence-corrected chi connectivity index (χ3v) is 5.82. The van der Waals surface area contributed by atoms with Crippen LogP contribution in [0, 0.1) is 0 Å². The molecule has 8 heteroatoms. The van der Waals surface area contributed by atoms with Gasteiger partial charge in [-0.3, -0.25) is 0 Å². The van der Waals surface area contributed by atoms with Crippen molar-refractivity contribution >= 4 is 31.8 Å². The van der Waals surface area contributed by atoms with Crippen LogP contribution in [0.15, 0.2) is 21.6 Å². The molecule has 1 aliphatic rings. The Bertz CT molecular complexity index is 586. The molecule has 0 saturated carbocycles. The van der Waals surface area contributed by atoms with Gasteiger partial charge >= 0.3 is 0 Å². The molecule has 1 aromatic heterocycles. The zero-order valence-electron chi connectivity index (χ0n) is 12.2. The Morgan fingerprint density at radius 1 is 1.48 bits per heavy atom. The van der Waals surface area contributed by atoms with Gasteiger partial charge in [-0.25, -0.2) is 13.4 Å². The van der Waals surface area contributed by atoms with Crippen LogP contribution in [0.25, 0.3) is 0 Å². The van der Waals surface area contributed by atoms with Crippen LogP contribution in [0.1, 0.15) is 19.8 Å². The molecule has 1 fully saturated rings. The number of anilines is 1. The van der Waals surface area contributed by atoms with Crippen molar-refractivity contribution in [3.8, 4) is 0 Å². The Balaban J connectivity index is 2.21. The Morgan fingerprint density at radius 3 is 2.71 bits per heavy atom. The number of ether oxygens (including phenoxy) is 1. The molecule has 6 nitrogen and oxygen atoms in total. The molecule has 1 N–H and O–H groups in total. The predicted molar refractivity (Wildman–Crippen MR) is 84.9 cm³/mol. The third-order valence-electron chi connectivity index (χ3n) is 3.48. The SMILES string of the molecule is CCOC1CCN(S(=O)(=O)c2cc(Br)cnc2NC)CC1. The molecule has 0 aromatic carbocycles. The maximum atomic E-state index is 12.8. The van der Waals surface area contributed by atoms with Gasteiger partial charge in [0.25, 0.3) is 0 Å². The summed E-state index contributed by atoms with van der Waals surface area (Å²) < 4.78 is 33.2. The topological polar surface area (TPSA) is 71.5 Å². The van der Waals surface area contributed by atoms with Gasteiger partial charge in [-0.15, -0.1) is 0 Å². The van der Waals surface area contributed by atoms with Crippen molar-refractivity contribution < 1.29 is 13.2 Å². The molecule has 1 aromatic rings. The first kappa shape index (κ1) is 16.7. The predicted octanol–water partition coefficient (Wildman–Crippen LogP) is 2.08. The lowest BCUT2D eigenvalue weighted by molar-refractivity contribution is 0.0290. The van der Waals surface area contributed by atoms with Crippen LogP contribution in [0.2, 0.25) is 0 Å². The Labute approximate surface area is 134 Å². The van der Waals surface area contributed by atoms with Gasteiger partial charge in [-0.1, -0.05) is 0 Å². The van der Waals surface area contributed by atoms with Gasteiger partial charge in [0.05, 0.1) is 6.10 Å². The molecule has 0 spiro atoms. The minimum atomic E-state index is -3.54. The van der Waals surface area contributed by atoms with Gasteiger partial charge in [-0.2, -0.15) is 4.31 Å². The first-order chi connectivity index (χ1) is 9.98. The minimum Gasteiger partial charge on any atom is -0.378 e. The highest BCUT2D eigenvalue weighted by Crippen LogP contribution is 2.28. The van der Waals surface area contributed by atoms with Gasteiger partial charge in [0.1, 0.15) is 10.7 Å². The van der Waals surface area contributed by atoms with E-state index in [0.717, 1.165) is 12.8 Å². The molecule has 2 rings (SSSR count). The number of nitrogens with one attached hydrogen (secondary N) is 1. The molecule has 21 heavy (non-hydrogen) atoms. The molecule has 0 amide bonds. The van der Waals surface area contributed by atoms with Gasteiger partial charge in [-0.05, 0) is 41.8 Å². The van der Waals surface area contributed by atoms with Crippen LogP contribution >= 0.6 is 15.9 Å². The number of halogens is 1. The van der Waals surface area contributed by atoms with Crippen LogP contribution in [-0.4, -0.2) is 50.6 Å². The molecule has 0 aliphatic carbocycles. The van der Waals surface area contributed by atoms with E-state index in [9.17, 15) is 8.42 Å². The van der Waals surface area contributed by atoms with Crippen LogP contribution in [-0.2, 0) is 14.8 Å². The fraction of sp³-hybridized carbons (Fsp3) is 0.615. The number of hydrogen-bond donors (Lipinski definition) is 1. The van der Waals surface area contributed by atoms with E-state index in [-0.39, 0.29) is 11.0 Å². The Hall–Kier alpha value is -0.700. The highest BCUT2D eigenvalue weighted by atomic mass is 79.9. The monoisotopic (exact) mass is 377 g/mol. The maximum absolute atomic E-state index is 12.8. The van der Waals surface area contributed by atoms with Gasteiger partial charge < -0.3 is 10.1 Å². The van der Waals surface area contributed by atoms with Crippen LogP contribution in [0.5, 0.6) is 0 Å². The van der Waals surface area contributed by atoms with Crippen LogP contribution in [0.4, 0.5) is 5.82 Å². The smallest absolute Gasteiger partial charge is 0.246 e. The van der Waals surface area contributed by atoms with Crippen molar-refractivity contribution in [2.75, 3.05) is 32.1 Å². The van der Waals surface area contributed by atoms with Gasteiger partial charge in [0.15, 0.2) is 0 Å². The summed E-state index contributed by atoms with van der Waals surface area (Å²) in [6.07, 6.45) is 3.18. The largest absolute Gasteiger partial charge is 0.378 e. The number of sulfonamides is 1. The summed E-state index contributed by atoms with van der Waals surface area (Å²) in [5.41, 5.74) is 0. The second-order valence-corrected chi connectivity index (χ2v) is 7.63. The summed E-state index contributed by atoms with van der Waals surface area (Å²) in [6, 6.07) is 1.59. The molecular formula is C13H20BrN3O3S. The molecule has 0 bridgehead atoms. The first-order valence-electron chi connectivity index (χ1n) is 6.94. The van der Waals surface area contributed by atoms with E-state index < -0.39 is 10.0 Å². The fourth-order valence-electron chi connectivity index (χ4n) is 2.42. The summed E-state index contributed by atoms with van der Waals surface area (Å²) in [6.45, 7) is 3.57. The van der Waals surface area contributed by atoms with Crippen molar-refractivity contribution in [1.29, 1.82) is 0 Å². The summed E-state index contributed by atoms with van der Waals surface area (Å²) in [4.78, 5) is 4.32. The van der Waals surface area contributed by atoms with Gasteiger partial charge in [0.2, 0.25) is 10.0 Å². The van der Waals surface area contributed by atoms with E-state index in [1.807, 2.05) is 6.92 Å². The number of rotatable bonds is 5. The second-order valence-electron chi connectivity index (χ2n) is 4.81. The minimum absolute atomic E-state index is 0.158. The molecule has 118 valence electrons. The molecule has 1 saturated heterocycles. The van der Waals surface area contributed by atoms with Crippen molar-refractivity contribution in [3.05, 3.63) is 16.7 Å². The molecule has 1 aliphatic heterocycles. The van der Waals surface area contributed by atoms with E-state index >= 15 is 0 Å². The quantitative estimate of drug-likeness (QED) is 0.850. The Morgan fingerprint density at radius 2 is 2.14 bits per heavy atom. The highest BCUT2D eigenvalue weighted by molar-refractivity contribution is 9.10. The van der Waals surface area contributed by atoms with Crippen molar-refractivity contribution in [2.24, 2.45) is 0 Å². The molecule has 2 heterocycles. The summed E-state index contributed by atoms with van der Waals surface area (Å²) in [5.74, 6) is 0.366. The second kappa shape index (κ2) is 7.04. The standard InChI is InChI=1S/C13H20BrN3O3S/c1-3-20-11-4-6-17(7-5-11)21(18,19)12-8-10(14)9-16-13(12)15-2/h8-9,11H,3-7H2,1-2H3,(H,15,16). The van der Waals surface area contributed by atoms with E-state index in [1.54, 1.807) is 19.3 Å². The first-order valence-corrected chi connectivity index (χ1v) is 9.17. The highest BCUT2D eigenvalue weighted by Gasteiger charge is 2.31. The number of pyridine rings is 1. The van der Waals surface area contributed by atoms with Crippen molar-refractivity contribution in [3.63, 3.8) is 0 Å². The van der Waals surface area contributed by atoms with E-state index in [0.29, 0.717) is 30.0 Å². The lowest BCUT2D eigenvalue weighted by Gasteiger charge is -2.31. The molecule has 0 atom stereocenters. The van der Waals surface area contributed by atoms with E-state index in [2.05, 4.69) is 26.2 Å². The number of piperidine rings is 1. The molecular weight excluding hydrogens is 358 g/mol. The van der Waals surface area contributed by atoms with E-state index in [4.69, 9.17) is 4.74 Å². The van der Waals surface area contributed by atoms with Gasteiger partial charge in [0, 0.05) is 37.4 Å². The number of nitrogens with zero attached hydrogens (tertiary/aromatic N) is 2. The number of aromatic nitrogens is 1. The average Bonchev–Trinajstić information content (AvgIpc) is 2.48. The normalized spacial score (nSPS) is 17.9. The van der Waals surface area contributed by atoms with E-state index in [1.165, 1.54) is 4.31 Å². The summed E-state index contributed by atoms with van der Waals surface area (Å²) >= 11 is 3.28. The van der Waals surface area contributed by atoms with Crippen molar-refractivity contribution in [1.82, 2.24) is 9.29 Å². The van der Waals surface area contributed by atoms with Crippen LogP contribution < -0.4 is 5.32 Å². The maximum Gasteiger partial charge on any atom is 0.246 e. The summed E-state index contributed by atoms with van der Waals surface area (Å²) in [7, 11) is -1.88. The molecule has 0 unspecified atom stereocenters. The zero-order valence-corrected chi connectivity index (χ0v) is 14.6. The average molecular weight is 378 g/mol. The third kappa shape index (κ3) is 3.74.